The summed E-state index contributed by atoms with van der Waals surface area (Å²) in [5, 5.41) is 5.25. The zero-order chi connectivity index (χ0) is 15.6. The van der Waals surface area contributed by atoms with Gasteiger partial charge in [-0.05, 0) is 31.4 Å². The lowest BCUT2D eigenvalue weighted by Crippen LogP contribution is -2.54. The standard InChI is InChI=1S/C15H19F3N2O/c1-9-5-3-4-6-12(9)13-7-11(8-19-10(13)2)20-14(21)15(16,17)18/h3-6,10-11,13,19H,7-8H2,1-2H3,(H,20,21). The molecule has 1 aliphatic rings. The number of rotatable bonds is 2. The van der Waals surface area contributed by atoms with Crippen LogP contribution in [-0.2, 0) is 4.79 Å². The topological polar surface area (TPSA) is 41.1 Å². The van der Waals surface area contributed by atoms with E-state index in [1.54, 1.807) is 0 Å². The van der Waals surface area contributed by atoms with Gasteiger partial charge in [0.25, 0.3) is 0 Å². The van der Waals surface area contributed by atoms with Crippen LogP contribution in [0.15, 0.2) is 24.3 Å². The maximum Gasteiger partial charge on any atom is 0.471 e. The molecule has 0 saturated carbocycles. The third-order valence-corrected chi connectivity index (χ3v) is 4.01. The molecule has 1 aromatic carbocycles. The second-order valence-corrected chi connectivity index (χ2v) is 5.56. The van der Waals surface area contributed by atoms with E-state index in [1.807, 2.05) is 38.1 Å². The Bertz CT molecular complexity index is 516. The summed E-state index contributed by atoms with van der Waals surface area (Å²) >= 11 is 0. The van der Waals surface area contributed by atoms with Crippen molar-refractivity contribution in [1.29, 1.82) is 0 Å². The molecule has 0 aromatic heterocycles. The van der Waals surface area contributed by atoms with Gasteiger partial charge in [0.2, 0.25) is 0 Å². The van der Waals surface area contributed by atoms with Crippen molar-refractivity contribution in [2.75, 3.05) is 6.54 Å². The SMILES string of the molecule is Cc1ccccc1C1CC(NC(=O)C(F)(F)F)CNC1C. The van der Waals surface area contributed by atoms with Gasteiger partial charge in [0.1, 0.15) is 0 Å². The summed E-state index contributed by atoms with van der Waals surface area (Å²) in [7, 11) is 0. The van der Waals surface area contributed by atoms with Crippen molar-refractivity contribution >= 4 is 5.91 Å². The Labute approximate surface area is 121 Å². The van der Waals surface area contributed by atoms with Gasteiger partial charge in [0, 0.05) is 24.5 Å². The average Bonchev–Trinajstić information content (AvgIpc) is 2.40. The van der Waals surface area contributed by atoms with Crippen molar-refractivity contribution < 1.29 is 18.0 Å². The first-order chi connectivity index (χ1) is 9.79. The molecule has 0 radical (unpaired) electrons. The molecule has 1 fully saturated rings. The number of carbonyl (C=O) groups excluding carboxylic acids is 1. The minimum Gasteiger partial charge on any atom is -0.344 e. The van der Waals surface area contributed by atoms with E-state index in [4.69, 9.17) is 0 Å². The quantitative estimate of drug-likeness (QED) is 0.881. The predicted molar refractivity (Wildman–Crippen MR) is 74.0 cm³/mol. The second kappa shape index (κ2) is 6.05. The lowest BCUT2D eigenvalue weighted by atomic mass is 9.81. The molecule has 0 bridgehead atoms. The fourth-order valence-electron chi connectivity index (χ4n) is 2.84. The molecule has 3 unspecified atom stereocenters. The molecule has 21 heavy (non-hydrogen) atoms. The molecule has 3 nitrogen and oxygen atoms in total. The minimum atomic E-state index is -4.83. The van der Waals surface area contributed by atoms with Crippen LogP contribution in [0, 0.1) is 6.92 Å². The largest absolute Gasteiger partial charge is 0.471 e. The van der Waals surface area contributed by atoms with Gasteiger partial charge >= 0.3 is 12.1 Å². The van der Waals surface area contributed by atoms with Crippen LogP contribution in [0.5, 0.6) is 0 Å². The molecule has 116 valence electrons. The number of piperidine rings is 1. The maximum atomic E-state index is 12.3. The Morgan fingerprint density at radius 3 is 2.62 bits per heavy atom. The molecule has 1 aliphatic heterocycles. The predicted octanol–water partition coefficient (Wildman–Crippen LogP) is 2.51. The molecule has 2 rings (SSSR count). The number of hydrogen-bond acceptors (Lipinski definition) is 2. The monoisotopic (exact) mass is 300 g/mol. The lowest BCUT2D eigenvalue weighted by molar-refractivity contribution is -0.174. The Kier molecular flexibility index (Phi) is 4.56. The Hall–Kier alpha value is -1.56. The van der Waals surface area contributed by atoms with Crippen LogP contribution in [0.2, 0.25) is 0 Å². The third kappa shape index (κ3) is 3.75. The molecule has 1 amide bonds. The number of halogens is 3. The second-order valence-electron chi connectivity index (χ2n) is 5.56. The van der Waals surface area contributed by atoms with Crippen LogP contribution in [0.3, 0.4) is 0 Å². The Morgan fingerprint density at radius 1 is 1.33 bits per heavy atom. The van der Waals surface area contributed by atoms with Crippen molar-refractivity contribution in [2.24, 2.45) is 0 Å². The van der Waals surface area contributed by atoms with E-state index in [0.717, 1.165) is 11.1 Å². The number of aryl methyl sites for hydroxylation is 1. The summed E-state index contributed by atoms with van der Waals surface area (Å²) in [5.74, 6) is -1.79. The fourth-order valence-corrected chi connectivity index (χ4v) is 2.84. The number of benzene rings is 1. The maximum absolute atomic E-state index is 12.3. The third-order valence-electron chi connectivity index (χ3n) is 4.01. The molecule has 0 aliphatic carbocycles. The first-order valence-electron chi connectivity index (χ1n) is 6.95. The van der Waals surface area contributed by atoms with Crippen molar-refractivity contribution in [2.45, 2.75) is 44.4 Å². The zero-order valence-electron chi connectivity index (χ0n) is 12.0. The average molecular weight is 300 g/mol. The van der Waals surface area contributed by atoms with Crippen molar-refractivity contribution in [1.82, 2.24) is 10.6 Å². The highest BCUT2D eigenvalue weighted by molar-refractivity contribution is 5.82. The molecule has 2 N–H and O–H groups in total. The molecule has 1 heterocycles. The molecule has 3 atom stereocenters. The van der Waals surface area contributed by atoms with Crippen LogP contribution < -0.4 is 10.6 Å². The van der Waals surface area contributed by atoms with E-state index < -0.39 is 18.1 Å². The highest BCUT2D eigenvalue weighted by Crippen LogP contribution is 2.30. The summed E-state index contributed by atoms with van der Waals surface area (Å²) in [6, 6.07) is 7.48. The van der Waals surface area contributed by atoms with Crippen LogP contribution in [-0.4, -0.2) is 30.7 Å². The highest BCUT2D eigenvalue weighted by atomic mass is 19.4. The molecule has 1 saturated heterocycles. The summed E-state index contributed by atoms with van der Waals surface area (Å²) in [4.78, 5) is 11.1. The van der Waals surface area contributed by atoms with E-state index in [9.17, 15) is 18.0 Å². The Balaban J connectivity index is 2.10. The molecule has 6 heteroatoms. The van der Waals surface area contributed by atoms with E-state index >= 15 is 0 Å². The first kappa shape index (κ1) is 15.8. The lowest BCUT2D eigenvalue weighted by Gasteiger charge is -2.36. The number of nitrogens with one attached hydrogen (secondary N) is 2. The van der Waals surface area contributed by atoms with Crippen LogP contribution in [0.4, 0.5) is 13.2 Å². The summed E-state index contributed by atoms with van der Waals surface area (Å²) < 4.78 is 37.0. The highest BCUT2D eigenvalue weighted by Gasteiger charge is 2.41. The van der Waals surface area contributed by atoms with Gasteiger partial charge in [-0.3, -0.25) is 4.79 Å². The van der Waals surface area contributed by atoms with E-state index in [1.165, 1.54) is 0 Å². The van der Waals surface area contributed by atoms with Crippen molar-refractivity contribution in [3.05, 3.63) is 35.4 Å². The van der Waals surface area contributed by atoms with Gasteiger partial charge in [0.15, 0.2) is 0 Å². The number of hydrogen-bond donors (Lipinski definition) is 2. The number of alkyl halides is 3. The smallest absolute Gasteiger partial charge is 0.344 e. The van der Waals surface area contributed by atoms with Gasteiger partial charge in [-0.15, -0.1) is 0 Å². The molecule has 1 aromatic rings. The summed E-state index contributed by atoms with van der Waals surface area (Å²) in [5.41, 5.74) is 2.22. The normalized spacial score (nSPS) is 26.4. The first-order valence-corrected chi connectivity index (χ1v) is 6.95. The molecular formula is C15H19F3N2O. The summed E-state index contributed by atoms with van der Waals surface area (Å²) in [6.45, 7) is 4.35. The summed E-state index contributed by atoms with van der Waals surface area (Å²) in [6.07, 6.45) is -4.33. The van der Waals surface area contributed by atoms with Gasteiger partial charge in [-0.1, -0.05) is 24.3 Å². The van der Waals surface area contributed by atoms with Crippen molar-refractivity contribution in [3.63, 3.8) is 0 Å². The fraction of sp³-hybridized carbons (Fsp3) is 0.533. The van der Waals surface area contributed by atoms with Gasteiger partial charge in [-0.25, -0.2) is 0 Å². The van der Waals surface area contributed by atoms with Crippen LogP contribution in [0.1, 0.15) is 30.4 Å². The van der Waals surface area contributed by atoms with Crippen molar-refractivity contribution in [3.8, 4) is 0 Å². The zero-order valence-corrected chi connectivity index (χ0v) is 12.0. The molecular weight excluding hydrogens is 281 g/mol. The van der Waals surface area contributed by atoms with Gasteiger partial charge < -0.3 is 10.6 Å². The Morgan fingerprint density at radius 2 is 2.00 bits per heavy atom. The number of amides is 1. The van der Waals surface area contributed by atoms with E-state index in [2.05, 4.69) is 10.6 Å². The van der Waals surface area contributed by atoms with Crippen LogP contribution in [0.25, 0.3) is 0 Å². The van der Waals surface area contributed by atoms with E-state index in [-0.39, 0.29) is 12.0 Å². The van der Waals surface area contributed by atoms with Crippen LogP contribution >= 0.6 is 0 Å². The van der Waals surface area contributed by atoms with Gasteiger partial charge in [-0.2, -0.15) is 13.2 Å². The minimum absolute atomic E-state index is 0.0819. The van der Waals surface area contributed by atoms with Gasteiger partial charge in [0.05, 0.1) is 0 Å². The van der Waals surface area contributed by atoms with E-state index in [0.29, 0.717) is 13.0 Å². The number of carbonyl (C=O) groups is 1. The molecule has 0 spiro atoms.